The average Bonchev–Trinajstić information content (AvgIpc) is 3.45. The van der Waals surface area contributed by atoms with Gasteiger partial charge in [0.2, 0.25) is 0 Å². The highest BCUT2D eigenvalue weighted by Gasteiger charge is 2.30. The van der Waals surface area contributed by atoms with Gasteiger partial charge in [0.1, 0.15) is 0 Å². The zero-order valence-corrected chi connectivity index (χ0v) is 14.9. The lowest BCUT2D eigenvalue weighted by atomic mass is 10.2. The first-order chi connectivity index (χ1) is 12.8. The third-order valence-corrected chi connectivity index (χ3v) is 4.06. The number of rotatable bonds is 6. The van der Waals surface area contributed by atoms with Gasteiger partial charge in [0.15, 0.2) is 23.9 Å². The number of hydrogen-bond donors (Lipinski definition) is 1. The van der Waals surface area contributed by atoms with Gasteiger partial charge in [-0.05, 0) is 25.0 Å². The van der Waals surface area contributed by atoms with Crippen LogP contribution in [0.5, 0.6) is 5.75 Å². The van der Waals surface area contributed by atoms with Crippen molar-refractivity contribution in [3.8, 4) is 5.75 Å². The molecule has 3 rings (SSSR count). The summed E-state index contributed by atoms with van der Waals surface area (Å²) < 4.78 is 47.1. The summed E-state index contributed by atoms with van der Waals surface area (Å²) in [5.74, 6) is -0.634. The molecule has 1 N–H and O–H groups in total. The van der Waals surface area contributed by atoms with Crippen LogP contribution in [0.25, 0.3) is 0 Å². The molecule has 0 saturated heterocycles. The topological polar surface area (TPSA) is 73.3 Å². The van der Waals surface area contributed by atoms with Gasteiger partial charge in [-0.2, -0.15) is 13.2 Å². The second-order valence-corrected chi connectivity index (χ2v) is 6.31. The minimum absolute atomic E-state index is 0.0218. The van der Waals surface area contributed by atoms with Crippen LogP contribution < -0.4 is 10.1 Å². The Balaban J connectivity index is 1.93. The van der Waals surface area contributed by atoms with Gasteiger partial charge in [-0.1, -0.05) is 17.7 Å². The van der Waals surface area contributed by atoms with E-state index in [0.29, 0.717) is 5.69 Å². The molecule has 1 aromatic heterocycles. The quantitative estimate of drug-likeness (QED) is 0.719. The predicted octanol–water partition coefficient (Wildman–Crippen LogP) is 4.48. The van der Waals surface area contributed by atoms with Gasteiger partial charge in [0, 0.05) is 5.92 Å². The lowest BCUT2D eigenvalue weighted by Gasteiger charge is -2.16. The number of esters is 1. The Morgan fingerprint density at radius 1 is 1.37 bits per heavy atom. The second-order valence-electron chi connectivity index (χ2n) is 5.90. The number of hydrogen-bond acceptors (Lipinski definition) is 6. The molecule has 0 aliphatic heterocycles. The first-order valence-corrected chi connectivity index (χ1v) is 8.36. The van der Waals surface area contributed by atoms with Crippen LogP contribution in [0.1, 0.15) is 34.9 Å². The molecule has 6 nitrogen and oxygen atoms in total. The molecule has 1 fully saturated rings. The number of methoxy groups -OCH3 is 1. The van der Waals surface area contributed by atoms with Crippen molar-refractivity contribution in [1.29, 1.82) is 0 Å². The fourth-order valence-electron chi connectivity index (χ4n) is 2.34. The van der Waals surface area contributed by atoms with Crippen LogP contribution in [0.2, 0.25) is 5.02 Å². The van der Waals surface area contributed by atoms with Crippen LogP contribution in [-0.4, -0.2) is 35.8 Å². The Bertz CT molecular complexity index is 857. The van der Waals surface area contributed by atoms with Gasteiger partial charge in [0.25, 0.3) is 0 Å². The summed E-state index contributed by atoms with van der Waals surface area (Å²) in [6.45, 7) is -1.51. The van der Waals surface area contributed by atoms with E-state index in [-0.39, 0.29) is 33.9 Å². The van der Waals surface area contributed by atoms with Crippen LogP contribution in [0, 0.1) is 0 Å². The SMILES string of the molecule is COC(=O)c1nc(C2CC2)cnc1Nc1cccc(Cl)c1OCC(F)(F)F. The van der Waals surface area contributed by atoms with Crippen LogP contribution in [0.3, 0.4) is 0 Å². The predicted molar refractivity (Wildman–Crippen MR) is 91.6 cm³/mol. The maximum atomic E-state index is 12.5. The highest BCUT2D eigenvalue weighted by atomic mass is 35.5. The summed E-state index contributed by atoms with van der Waals surface area (Å²) in [4.78, 5) is 20.5. The number of para-hydroxylation sites is 1. The number of alkyl halides is 3. The van der Waals surface area contributed by atoms with E-state index in [1.165, 1.54) is 31.5 Å². The van der Waals surface area contributed by atoms with Crippen molar-refractivity contribution < 1.29 is 27.4 Å². The van der Waals surface area contributed by atoms with Gasteiger partial charge in [-0.15, -0.1) is 0 Å². The minimum Gasteiger partial charge on any atom is -0.480 e. The monoisotopic (exact) mass is 401 g/mol. The lowest BCUT2D eigenvalue weighted by molar-refractivity contribution is -0.153. The summed E-state index contributed by atoms with van der Waals surface area (Å²) in [7, 11) is 1.20. The number of nitrogens with zero attached hydrogens (tertiary/aromatic N) is 2. The van der Waals surface area contributed by atoms with Crippen LogP contribution >= 0.6 is 11.6 Å². The Hall–Kier alpha value is -2.55. The molecule has 2 aromatic rings. The lowest BCUT2D eigenvalue weighted by Crippen LogP contribution is -2.20. The maximum Gasteiger partial charge on any atom is 0.422 e. The average molecular weight is 402 g/mol. The molecule has 1 saturated carbocycles. The Labute approximate surface area is 157 Å². The number of carbonyl (C=O) groups excluding carboxylic acids is 1. The van der Waals surface area contributed by atoms with Gasteiger partial charge in [0.05, 0.1) is 29.7 Å². The van der Waals surface area contributed by atoms with Crippen molar-refractivity contribution in [2.75, 3.05) is 19.0 Å². The number of carbonyl (C=O) groups is 1. The summed E-state index contributed by atoms with van der Waals surface area (Å²) >= 11 is 5.97. The minimum atomic E-state index is -4.53. The van der Waals surface area contributed by atoms with Crippen LogP contribution in [-0.2, 0) is 4.74 Å². The van der Waals surface area contributed by atoms with Crippen molar-refractivity contribution in [3.05, 3.63) is 40.8 Å². The second kappa shape index (κ2) is 7.59. The van der Waals surface area contributed by atoms with Crippen molar-refractivity contribution in [2.24, 2.45) is 0 Å². The van der Waals surface area contributed by atoms with Crippen molar-refractivity contribution in [2.45, 2.75) is 24.9 Å². The van der Waals surface area contributed by atoms with Gasteiger partial charge in [-0.3, -0.25) is 0 Å². The van der Waals surface area contributed by atoms with E-state index in [4.69, 9.17) is 21.1 Å². The summed E-state index contributed by atoms with van der Waals surface area (Å²) in [5.41, 5.74) is 0.717. The first-order valence-electron chi connectivity index (χ1n) is 7.99. The van der Waals surface area contributed by atoms with Gasteiger partial charge >= 0.3 is 12.1 Å². The molecular weight excluding hydrogens is 387 g/mol. The van der Waals surface area contributed by atoms with E-state index < -0.39 is 18.8 Å². The molecule has 0 radical (unpaired) electrons. The third-order valence-electron chi connectivity index (χ3n) is 3.77. The zero-order valence-electron chi connectivity index (χ0n) is 14.1. The van der Waals surface area contributed by atoms with Crippen molar-refractivity contribution in [3.63, 3.8) is 0 Å². The van der Waals surface area contributed by atoms with E-state index >= 15 is 0 Å². The normalized spacial score (nSPS) is 14.0. The van der Waals surface area contributed by atoms with Gasteiger partial charge < -0.3 is 14.8 Å². The highest BCUT2D eigenvalue weighted by Crippen LogP contribution is 2.40. The molecule has 1 aliphatic rings. The molecule has 0 amide bonds. The molecule has 27 heavy (non-hydrogen) atoms. The number of halogens is 4. The van der Waals surface area contributed by atoms with E-state index in [1.807, 2.05) is 0 Å². The molecule has 1 heterocycles. The van der Waals surface area contributed by atoms with E-state index in [2.05, 4.69) is 15.3 Å². The fourth-order valence-corrected chi connectivity index (χ4v) is 2.57. The summed E-state index contributed by atoms with van der Waals surface area (Å²) in [6.07, 6.45) is -1.08. The molecule has 0 atom stereocenters. The van der Waals surface area contributed by atoms with Crippen LogP contribution in [0.4, 0.5) is 24.7 Å². The highest BCUT2D eigenvalue weighted by molar-refractivity contribution is 6.32. The number of ether oxygens (including phenoxy) is 2. The number of nitrogens with one attached hydrogen (secondary N) is 1. The Morgan fingerprint density at radius 2 is 2.11 bits per heavy atom. The molecule has 0 spiro atoms. The standard InChI is InChI=1S/C17H15ClF3N3O3/c1-26-16(25)13-15(22-7-12(23-13)9-5-6-9)24-11-4-2-3-10(18)14(11)27-8-17(19,20)21/h2-4,7,9H,5-6,8H2,1H3,(H,22,24). The van der Waals surface area contributed by atoms with E-state index in [0.717, 1.165) is 12.8 Å². The maximum absolute atomic E-state index is 12.5. The largest absolute Gasteiger partial charge is 0.480 e. The molecule has 1 aliphatic carbocycles. The van der Waals surface area contributed by atoms with Crippen LogP contribution in [0.15, 0.2) is 24.4 Å². The van der Waals surface area contributed by atoms with Gasteiger partial charge in [-0.25, -0.2) is 14.8 Å². The number of anilines is 2. The van der Waals surface area contributed by atoms with E-state index in [9.17, 15) is 18.0 Å². The smallest absolute Gasteiger partial charge is 0.422 e. The molecule has 10 heteroatoms. The van der Waals surface area contributed by atoms with Crippen molar-refractivity contribution in [1.82, 2.24) is 9.97 Å². The molecular formula is C17H15ClF3N3O3. The molecule has 1 aromatic carbocycles. The molecule has 144 valence electrons. The summed E-state index contributed by atoms with van der Waals surface area (Å²) in [5, 5.41) is 2.75. The Kier molecular flexibility index (Phi) is 5.41. The number of benzene rings is 1. The zero-order chi connectivity index (χ0) is 19.6. The molecule has 0 unspecified atom stereocenters. The first kappa shape index (κ1) is 19.2. The van der Waals surface area contributed by atoms with Crippen molar-refractivity contribution >= 4 is 29.1 Å². The molecule has 0 bridgehead atoms. The number of aromatic nitrogens is 2. The van der Waals surface area contributed by atoms with E-state index in [1.54, 1.807) is 0 Å². The Morgan fingerprint density at radius 3 is 2.74 bits per heavy atom. The fraction of sp³-hybridized carbons (Fsp3) is 0.353. The third kappa shape index (κ3) is 4.79. The summed E-state index contributed by atoms with van der Waals surface area (Å²) in [6, 6.07) is 4.37.